The van der Waals surface area contributed by atoms with E-state index in [2.05, 4.69) is 258 Å². The summed E-state index contributed by atoms with van der Waals surface area (Å²) in [5.74, 6) is 0. The molecule has 68 heavy (non-hydrogen) atoms. The van der Waals surface area contributed by atoms with Crippen LogP contribution in [0.3, 0.4) is 0 Å². The molecule has 10 aromatic carbocycles. The van der Waals surface area contributed by atoms with Crippen LogP contribution in [-0.2, 0) is 10.8 Å². The molecule has 12 aromatic rings. The Morgan fingerprint density at radius 2 is 0.706 bits per heavy atom. The molecule has 0 N–H and O–H groups in total. The van der Waals surface area contributed by atoms with Crippen molar-refractivity contribution in [3.05, 3.63) is 217 Å². The lowest BCUT2D eigenvalue weighted by atomic mass is 9.87. The van der Waals surface area contributed by atoms with Crippen LogP contribution in [0, 0.1) is 0 Å². The van der Waals surface area contributed by atoms with E-state index in [-0.39, 0.29) is 10.8 Å². The standard InChI is InChI=1S/C64H52N2O2/c1-63(2,3)47-20-25-49(26-21-47)65(51-18-12-17-44(33-51)41-13-8-7-9-14-41)53-29-31-55-57-35-45-38-60-58(36-46(45)37-59(57)67-61(55)39-53)56-32-30-54(40-62(56)68-60)66(50-27-22-48(23-28-50)64(4,5)6)52-24-19-42-15-10-11-16-43(42)34-52/h7-40H,1-6H3. The Labute approximate surface area is 397 Å². The van der Waals surface area contributed by atoms with Gasteiger partial charge in [-0.1, -0.05) is 139 Å². The zero-order chi connectivity index (χ0) is 46.3. The van der Waals surface area contributed by atoms with E-state index >= 15 is 0 Å². The molecule has 2 heterocycles. The van der Waals surface area contributed by atoms with E-state index in [1.807, 2.05) is 0 Å². The van der Waals surface area contributed by atoms with Gasteiger partial charge < -0.3 is 18.6 Å². The van der Waals surface area contributed by atoms with Gasteiger partial charge in [0, 0.05) is 67.8 Å². The van der Waals surface area contributed by atoms with Crippen LogP contribution in [0.5, 0.6) is 0 Å². The summed E-state index contributed by atoms with van der Waals surface area (Å²) in [5, 5.41) is 8.93. The van der Waals surface area contributed by atoms with Crippen LogP contribution in [0.1, 0.15) is 52.7 Å². The molecule has 12 rings (SSSR count). The number of benzene rings is 10. The topological polar surface area (TPSA) is 32.8 Å². The molecule has 0 aliphatic rings. The van der Waals surface area contributed by atoms with Crippen LogP contribution in [0.2, 0.25) is 0 Å². The second-order valence-electron chi connectivity index (χ2n) is 20.3. The third-order valence-corrected chi connectivity index (χ3v) is 13.7. The lowest BCUT2D eigenvalue weighted by Crippen LogP contribution is -2.13. The molecular weight excluding hydrogens is 829 g/mol. The van der Waals surface area contributed by atoms with Crippen LogP contribution in [-0.4, -0.2) is 0 Å². The van der Waals surface area contributed by atoms with Crippen molar-refractivity contribution in [3.63, 3.8) is 0 Å². The molecule has 0 saturated carbocycles. The lowest BCUT2D eigenvalue weighted by Gasteiger charge is -2.27. The minimum atomic E-state index is 0.0487. The predicted octanol–water partition coefficient (Wildman–Crippen LogP) is 19.0. The number of furan rings is 2. The minimum absolute atomic E-state index is 0.0487. The first-order valence-corrected chi connectivity index (χ1v) is 23.6. The minimum Gasteiger partial charge on any atom is -0.456 e. The second kappa shape index (κ2) is 15.8. The van der Waals surface area contributed by atoms with Crippen molar-refractivity contribution in [1.29, 1.82) is 0 Å². The van der Waals surface area contributed by atoms with Crippen molar-refractivity contribution in [2.45, 2.75) is 52.4 Å². The molecule has 0 unspecified atom stereocenters. The van der Waals surface area contributed by atoms with Crippen molar-refractivity contribution in [3.8, 4) is 11.1 Å². The maximum absolute atomic E-state index is 6.78. The van der Waals surface area contributed by atoms with Gasteiger partial charge in [-0.05, 0) is 152 Å². The van der Waals surface area contributed by atoms with Gasteiger partial charge in [0.05, 0.1) is 0 Å². The first kappa shape index (κ1) is 41.4. The van der Waals surface area contributed by atoms with Gasteiger partial charge in [0.15, 0.2) is 0 Å². The molecular formula is C64H52N2O2. The van der Waals surface area contributed by atoms with Crippen molar-refractivity contribution < 1.29 is 8.83 Å². The van der Waals surface area contributed by atoms with Crippen molar-refractivity contribution in [2.24, 2.45) is 0 Å². The summed E-state index contributed by atoms with van der Waals surface area (Å²) in [6.45, 7) is 13.5. The molecule has 330 valence electrons. The van der Waals surface area contributed by atoms with E-state index < -0.39 is 0 Å². The summed E-state index contributed by atoms with van der Waals surface area (Å²) in [6.07, 6.45) is 0. The molecule has 0 bridgehead atoms. The second-order valence-corrected chi connectivity index (χ2v) is 20.3. The van der Waals surface area contributed by atoms with Crippen LogP contribution in [0.25, 0.3) is 76.5 Å². The van der Waals surface area contributed by atoms with Crippen molar-refractivity contribution in [2.75, 3.05) is 9.80 Å². The average molecular weight is 881 g/mol. The van der Waals surface area contributed by atoms with E-state index in [0.29, 0.717) is 0 Å². The summed E-state index contributed by atoms with van der Waals surface area (Å²) in [6, 6.07) is 74.6. The highest BCUT2D eigenvalue weighted by molar-refractivity contribution is 6.15. The molecule has 0 amide bonds. The van der Waals surface area contributed by atoms with Gasteiger partial charge in [0.2, 0.25) is 0 Å². The fourth-order valence-electron chi connectivity index (χ4n) is 9.94. The molecule has 0 aliphatic heterocycles. The number of rotatable bonds is 7. The molecule has 0 spiro atoms. The number of fused-ring (bicyclic) bond motifs is 8. The first-order valence-electron chi connectivity index (χ1n) is 23.6. The molecule has 4 nitrogen and oxygen atoms in total. The van der Waals surface area contributed by atoms with Crippen molar-refractivity contribution in [1.82, 2.24) is 0 Å². The van der Waals surface area contributed by atoms with Crippen LogP contribution in [0.15, 0.2) is 215 Å². The highest BCUT2D eigenvalue weighted by Gasteiger charge is 2.22. The Balaban J connectivity index is 0.938. The molecule has 0 radical (unpaired) electrons. The van der Waals surface area contributed by atoms with E-state index in [4.69, 9.17) is 8.83 Å². The van der Waals surface area contributed by atoms with Gasteiger partial charge in [-0.15, -0.1) is 0 Å². The molecule has 0 fully saturated rings. The van der Waals surface area contributed by atoms with Gasteiger partial charge >= 0.3 is 0 Å². The Hall–Kier alpha value is -8.08. The summed E-state index contributed by atoms with van der Waals surface area (Å²) in [7, 11) is 0. The number of hydrogen-bond donors (Lipinski definition) is 0. The third kappa shape index (κ3) is 7.34. The average Bonchev–Trinajstić information content (AvgIpc) is 3.88. The van der Waals surface area contributed by atoms with Gasteiger partial charge in [0.1, 0.15) is 22.3 Å². The van der Waals surface area contributed by atoms with E-state index in [1.54, 1.807) is 0 Å². The van der Waals surface area contributed by atoms with Gasteiger partial charge in [-0.3, -0.25) is 0 Å². The highest BCUT2D eigenvalue weighted by atomic mass is 16.3. The molecule has 0 saturated heterocycles. The summed E-state index contributed by atoms with van der Waals surface area (Å²) >= 11 is 0. The number of anilines is 6. The predicted molar refractivity (Wildman–Crippen MR) is 288 cm³/mol. The summed E-state index contributed by atoms with van der Waals surface area (Å²) in [4.78, 5) is 4.66. The maximum Gasteiger partial charge on any atom is 0.137 e. The monoisotopic (exact) mass is 880 g/mol. The molecule has 4 heteroatoms. The number of hydrogen-bond acceptors (Lipinski definition) is 4. The van der Waals surface area contributed by atoms with Crippen LogP contribution >= 0.6 is 0 Å². The zero-order valence-corrected chi connectivity index (χ0v) is 39.3. The Kier molecular flexibility index (Phi) is 9.60. The normalized spacial score (nSPS) is 12.3. The zero-order valence-electron chi connectivity index (χ0n) is 39.3. The highest BCUT2D eigenvalue weighted by Crippen LogP contribution is 2.44. The van der Waals surface area contributed by atoms with Gasteiger partial charge in [-0.25, -0.2) is 0 Å². The van der Waals surface area contributed by atoms with E-state index in [0.717, 1.165) is 88.8 Å². The van der Waals surface area contributed by atoms with Crippen molar-refractivity contribution >= 4 is 99.5 Å². The Morgan fingerprint density at radius 1 is 0.279 bits per heavy atom. The Bertz CT molecular complexity index is 3860. The fourth-order valence-corrected chi connectivity index (χ4v) is 9.94. The maximum atomic E-state index is 6.78. The Morgan fingerprint density at radius 3 is 1.24 bits per heavy atom. The lowest BCUT2D eigenvalue weighted by molar-refractivity contribution is 0.590. The molecule has 0 atom stereocenters. The molecule has 2 aromatic heterocycles. The molecule has 0 aliphatic carbocycles. The summed E-state index contributed by atoms with van der Waals surface area (Å²) in [5.41, 5.74) is 14.9. The quantitative estimate of drug-likeness (QED) is 0.160. The number of nitrogens with zero attached hydrogens (tertiary/aromatic N) is 2. The van der Waals surface area contributed by atoms with Crippen LogP contribution in [0.4, 0.5) is 34.1 Å². The van der Waals surface area contributed by atoms with Gasteiger partial charge in [0.25, 0.3) is 0 Å². The SMILES string of the molecule is CC(C)(C)c1ccc(N(c2cccc(-c3ccccc3)c2)c2ccc3c(c2)oc2cc4cc5c(cc4cc23)oc2cc(N(c3ccc(C(C)(C)C)cc3)c3ccc4ccccc4c3)ccc25)cc1. The van der Waals surface area contributed by atoms with Gasteiger partial charge in [-0.2, -0.15) is 0 Å². The fraction of sp³-hybridized carbons (Fsp3) is 0.125. The van der Waals surface area contributed by atoms with E-state index in [9.17, 15) is 0 Å². The van der Waals surface area contributed by atoms with E-state index in [1.165, 1.54) is 33.0 Å². The first-order chi connectivity index (χ1) is 32.9. The smallest absolute Gasteiger partial charge is 0.137 e. The third-order valence-electron chi connectivity index (χ3n) is 13.7. The largest absolute Gasteiger partial charge is 0.456 e. The van der Waals surface area contributed by atoms with Crippen LogP contribution < -0.4 is 9.80 Å². The summed E-state index contributed by atoms with van der Waals surface area (Å²) < 4.78 is 13.6.